The summed E-state index contributed by atoms with van der Waals surface area (Å²) in [7, 11) is 1.67. The highest BCUT2D eigenvalue weighted by Gasteiger charge is 2.50. The van der Waals surface area contributed by atoms with Gasteiger partial charge < -0.3 is 19.6 Å². The first-order chi connectivity index (χ1) is 15.6. The van der Waals surface area contributed by atoms with E-state index < -0.39 is 0 Å². The number of nitrogens with zero attached hydrogens (tertiary/aromatic N) is 3. The molecule has 32 heavy (non-hydrogen) atoms. The van der Waals surface area contributed by atoms with Crippen molar-refractivity contribution in [2.75, 3.05) is 31.6 Å². The van der Waals surface area contributed by atoms with E-state index in [1.807, 2.05) is 30.5 Å². The van der Waals surface area contributed by atoms with Crippen molar-refractivity contribution in [3.8, 4) is 16.9 Å². The van der Waals surface area contributed by atoms with Gasteiger partial charge in [-0.15, -0.1) is 0 Å². The first-order valence-corrected chi connectivity index (χ1v) is 11.9. The number of amides is 1. The molecule has 1 aromatic carbocycles. The number of carbonyl (C=O) groups excluding carboxylic acids is 1. The maximum Gasteiger partial charge on any atom is 0.230 e. The van der Waals surface area contributed by atoms with E-state index >= 15 is 0 Å². The number of carbonyl (C=O) groups is 1. The predicted molar refractivity (Wildman–Crippen MR) is 125 cm³/mol. The summed E-state index contributed by atoms with van der Waals surface area (Å²) in [6.45, 7) is 2.56. The molecule has 0 radical (unpaired) electrons. The Morgan fingerprint density at radius 1 is 1.00 bits per heavy atom. The normalized spacial score (nSPS) is 28.4. The summed E-state index contributed by atoms with van der Waals surface area (Å²) in [6.07, 6.45) is 8.16. The standard InChI is InChI=1S/C26H33N3O3/c1-32-23-10-3-19(4-11-23)20-5-12-24(27-17-20)28-15-2-13-26(18-28)14-16-29(25(26)31)21-6-8-22(30)9-7-21/h3-5,10-12,17,21-22,30H,2,6-9,13-16,18H2,1H3/t21-,22-,26?. The number of methoxy groups -OCH3 is 1. The van der Waals surface area contributed by atoms with E-state index in [9.17, 15) is 9.90 Å². The Bertz CT molecular complexity index is 938. The van der Waals surface area contributed by atoms with Crippen LogP contribution in [0.3, 0.4) is 0 Å². The van der Waals surface area contributed by atoms with Gasteiger partial charge in [0.15, 0.2) is 0 Å². The molecular weight excluding hydrogens is 402 g/mol. The van der Waals surface area contributed by atoms with E-state index in [4.69, 9.17) is 9.72 Å². The number of benzene rings is 1. The maximum absolute atomic E-state index is 13.5. The van der Waals surface area contributed by atoms with Crippen LogP contribution < -0.4 is 9.64 Å². The highest BCUT2D eigenvalue weighted by Crippen LogP contribution is 2.43. The predicted octanol–water partition coefficient (Wildman–Crippen LogP) is 3.88. The number of piperidine rings is 1. The monoisotopic (exact) mass is 435 g/mol. The van der Waals surface area contributed by atoms with Gasteiger partial charge in [-0.2, -0.15) is 0 Å². The molecule has 1 atom stereocenters. The first-order valence-electron chi connectivity index (χ1n) is 11.9. The van der Waals surface area contributed by atoms with Gasteiger partial charge in [0.2, 0.25) is 5.91 Å². The van der Waals surface area contributed by atoms with Gasteiger partial charge in [-0.1, -0.05) is 12.1 Å². The van der Waals surface area contributed by atoms with Crippen LogP contribution in [0.1, 0.15) is 44.9 Å². The molecule has 6 nitrogen and oxygen atoms in total. The lowest BCUT2D eigenvalue weighted by Gasteiger charge is -2.41. The van der Waals surface area contributed by atoms with Gasteiger partial charge in [0.05, 0.1) is 18.6 Å². The Balaban J connectivity index is 1.28. The number of hydrogen-bond acceptors (Lipinski definition) is 5. The molecule has 1 unspecified atom stereocenters. The molecule has 1 aromatic heterocycles. The summed E-state index contributed by atoms with van der Waals surface area (Å²) >= 11 is 0. The molecule has 1 spiro atoms. The molecule has 2 saturated heterocycles. The molecule has 2 aromatic rings. The number of aliphatic hydroxyl groups excluding tert-OH is 1. The molecule has 0 bridgehead atoms. The van der Waals surface area contributed by atoms with Crippen LogP contribution in [0.25, 0.3) is 11.1 Å². The lowest BCUT2D eigenvalue weighted by molar-refractivity contribution is -0.139. The topological polar surface area (TPSA) is 65.9 Å². The molecular formula is C26H33N3O3. The third-order valence-electron chi connectivity index (χ3n) is 7.72. The second kappa shape index (κ2) is 8.74. The Morgan fingerprint density at radius 2 is 1.75 bits per heavy atom. The number of hydrogen-bond donors (Lipinski definition) is 1. The van der Waals surface area contributed by atoms with E-state index in [1.54, 1.807) is 7.11 Å². The fourth-order valence-corrected chi connectivity index (χ4v) is 5.80. The summed E-state index contributed by atoms with van der Waals surface area (Å²) in [4.78, 5) is 22.7. The van der Waals surface area contributed by atoms with Crippen molar-refractivity contribution in [1.29, 1.82) is 0 Å². The Morgan fingerprint density at radius 3 is 2.44 bits per heavy atom. The molecule has 3 heterocycles. The van der Waals surface area contributed by atoms with Crippen molar-refractivity contribution in [1.82, 2.24) is 9.88 Å². The van der Waals surface area contributed by atoms with E-state index in [0.29, 0.717) is 11.9 Å². The fraction of sp³-hybridized carbons (Fsp3) is 0.538. The van der Waals surface area contributed by atoms with E-state index in [1.165, 1.54) is 0 Å². The van der Waals surface area contributed by atoms with Gasteiger partial charge in [-0.3, -0.25) is 4.79 Å². The number of aromatic nitrogens is 1. The molecule has 3 aliphatic rings. The van der Waals surface area contributed by atoms with E-state index in [2.05, 4.69) is 21.9 Å². The molecule has 3 fully saturated rings. The molecule has 1 aliphatic carbocycles. The van der Waals surface area contributed by atoms with Crippen LogP contribution in [-0.4, -0.2) is 59.8 Å². The van der Waals surface area contributed by atoms with Crippen LogP contribution in [-0.2, 0) is 4.79 Å². The fourth-order valence-electron chi connectivity index (χ4n) is 5.80. The molecule has 1 N–H and O–H groups in total. The maximum atomic E-state index is 13.5. The lowest BCUT2D eigenvalue weighted by atomic mass is 9.78. The lowest BCUT2D eigenvalue weighted by Crippen LogP contribution is -2.50. The van der Waals surface area contributed by atoms with Crippen LogP contribution in [0.2, 0.25) is 0 Å². The summed E-state index contributed by atoms with van der Waals surface area (Å²) < 4.78 is 5.24. The number of ether oxygens (including phenoxy) is 1. The molecule has 2 aliphatic heterocycles. The van der Waals surface area contributed by atoms with Gasteiger partial charge in [0.1, 0.15) is 11.6 Å². The van der Waals surface area contributed by atoms with Gasteiger partial charge in [-0.25, -0.2) is 4.98 Å². The summed E-state index contributed by atoms with van der Waals surface area (Å²) in [5.41, 5.74) is 1.91. The quantitative estimate of drug-likeness (QED) is 0.790. The number of anilines is 1. The van der Waals surface area contributed by atoms with Crippen molar-refractivity contribution in [2.45, 2.75) is 57.1 Å². The van der Waals surface area contributed by atoms with Crippen molar-refractivity contribution in [3.63, 3.8) is 0 Å². The van der Waals surface area contributed by atoms with Gasteiger partial charge in [-0.05, 0) is 74.8 Å². The van der Waals surface area contributed by atoms with Crippen LogP contribution in [0.4, 0.5) is 5.82 Å². The largest absolute Gasteiger partial charge is 0.497 e. The van der Waals surface area contributed by atoms with Gasteiger partial charge in [0.25, 0.3) is 0 Å². The molecule has 5 rings (SSSR count). The SMILES string of the molecule is COc1ccc(-c2ccc(N3CCCC4(CCN([C@H]5CC[C@H](O)CC5)C4=O)C3)nc2)cc1. The number of rotatable bonds is 4. The Kier molecular flexibility index (Phi) is 5.80. The third-order valence-corrected chi connectivity index (χ3v) is 7.72. The molecule has 6 heteroatoms. The molecule has 170 valence electrons. The van der Waals surface area contributed by atoms with Crippen molar-refractivity contribution < 1.29 is 14.6 Å². The second-order valence-corrected chi connectivity index (χ2v) is 9.65. The van der Waals surface area contributed by atoms with Gasteiger partial charge >= 0.3 is 0 Å². The van der Waals surface area contributed by atoms with Crippen molar-refractivity contribution >= 4 is 11.7 Å². The van der Waals surface area contributed by atoms with Crippen LogP contribution >= 0.6 is 0 Å². The number of pyridine rings is 1. The minimum atomic E-state index is -0.273. The number of likely N-dealkylation sites (tertiary alicyclic amines) is 1. The first kappa shape index (κ1) is 21.3. The zero-order valence-corrected chi connectivity index (χ0v) is 18.9. The average Bonchev–Trinajstić information content (AvgIpc) is 3.15. The summed E-state index contributed by atoms with van der Waals surface area (Å²) in [6, 6.07) is 12.5. The average molecular weight is 436 g/mol. The second-order valence-electron chi connectivity index (χ2n) is 9.65. The van der Waals surface area contributed by atoms with Crippen molar-refractivity contribution in [2.24, 2.45) is 5.41 Å². The molecule has 1 amide bonds. The minimum absolute atomic E-state index is 0.185. The van der Waals surface area contributed by atoms with E-state index in [-0.39, 0.29) is 11.5 Å². The summed E-state index contributed by atoms with van der Waals surface area (Å²) in [5.74, 6) is 2.13. The third kappa shape index (κ3) is 3.96. The van der Waals surface area contributed by atoms with E-state index in [0.717, 1.165) is 87.3 Å². The Labute approximate surface area is 190 Å². The molecule has 1 saturated carbocycles. The zero-order valence-electron chi connectivity index (χ0n) is 18.9. The highest BCUT2D eigenvalue weighted by atomic mass is 16.5. The highest BCUT2D eigenvalue weighted by molar-refractivity contribution is 5.86. The van der Waals surface area contributed by atoms with Crippen LogP contribution in [0.15, 0.2) is 42.6 Å². The number of aliphatic hydroxyl groups is 1. The van der Waals surface area contributed by atoms with Crippen LogP contribution in [0, 0.1) is 5.41 Å². The Hall–Kier alpha value is -2.60. The summed E-state index contributed by atoms with van der Waals surface area (Å²) in [5, 5.41) is 9.83. The smallest absolute Gasteiger partial charge is 0.230 e. The van der Waals surface area contributed by atoms with Gasteiger partial charge in [0, 0.05) is 37.4 Å². The van der Waals surface area contributed by atoms with Crippen LogP contribution in [0.5, 0.6) is 5.75 Å². The zero-order chi connectivity index (χ0) is 22.1. The minimum Gasteiger partial charge on any atom is -0.497 e. The van der Waals surface area contributed by atoms with Crippen molar-refractivity contribution in [3.05, 3.63) is 42.6 Å².